The molecule has 39 heavy (non-hydrogen) atoms. The van der Waals surface area contributed by atoms with Crippen molar-refractivity contribution in [3.05, 3.63) is 106 Å². The van der Waals surface area contributed by atoms with Gasteiger partial charge in [0.15, 0.2) is 0 Å². The third-order valence-corrected chi connectivity index (χ3v) is 7.04. The number of ether oxygens (including phenoxy) is 1. The number of hydrogen-bond donors (Lipinski definition) is 1. The number of aliphatic carboxylic acids is 1. The van der Waals surface area contributed by atoms with Gasteiger partial charge in [0, 0.05) is 25.7 Å². The molecular formula is C31H35ClF3NO3. The Kier molecular flexibility index (Phi) is 11.7. The number of carboxylic acid groups (broad SMARTS) is 1. The Hall–Kier alpha value is -3.03. The van der Waals surface area contributed by atoms with E-state index in [2.05, 4.69) is 24.0 Å². The molecule has 0 saturated carbocycles. The van der Waals surface area contributed by atoms with E-state index in [-0.39, 0.29) is 17.5 Å². The Morgan fingerprint density at radius 1 is 1.15 bits per heavy atom. The number of benzene rings is 2. The number of carbonyl (C=O) groups is 1. The van der Waals surface area contributed by atoms with Crippen molar-refractivity contribution >= 4 is 17.6 Å². The molecule has 1 atom stereocenters. The molecule has 1 aliphatic carbocycles. The molecule has 2 aromatic carbocycles. The first-order valence-corrected chi connectivity index (χ1v) is 13.6. The monoisotopic (exact) mass is 561 g/mol. The molecule has 1 unspecified atom stereocenters. The van der Waals surface area contributed by atoms with Gasteiger partial charge in [0.2, 0.25) is 0 Å². The third-order valence-electron chi connectivity index (χ3n) is 6.59. The molecule has 0 bridgehead atoms. The zero-order valence-electron chi connectivity index (χ0n) is 22.1. The van der Waals surface area contributed by atoms with Crippen molar-refractivity contribution in [2.75, 3.05) is 19.7 Å². The number of rotatable bonds is 14. The van der Waals surface area contributed by atoms with Crippen LogP contribution >= 0.6 is 11.6 Å². The molecule has 3 rings (SSSR count). The van der Waals surface area contributed by atoms with Crippen molar-refractivity contribution < 1.29 is 27.8 Å². The molecular weight excluding hydrogens is 527 g/mol. The Morgan fingerprint density at radius 2 is 1.92 bits per heavy atom. The van der Waals surface area contributed by atoms with Gasteiger partial charge in [-0.1, -0.05) is 79.9 Å². The normalized spacial score (nSPS) is 15.4. The molecule has 2 aromatic rings. The second kappa shape index (κ2) is 14.9. The summed E-state index contributed by atoms with van der Waals surface area (Å²) in [6.07, 6.45) is 6.26. The molecule has 0 aromatic heterocycles. The summed E-state index contributed by atoms with van der Waals surface area (Å²) >= 11 is 6.25. The van der Waals surface area contributed by atoms with Gasteiger partial charge >= 0.3 is 12.1 Å². The van der Waals surface area contributed by atoms with Crippen molar-refractivity contribution in [2.24, 2.45) is 0 Å². The van der Waals surface area contributed by atoms with Crippen LogP contribution in [0.3, 0.4) is 0 Å². The first-order chi connectivity index (χ1) is 18.7. The van der Waals surface area contributed by atoms with Crippen LogP contribution in [-0.2, 0) is 22.3 Å². The van der Waals surface area contributed by atoms with E-state index in [0.29, 0.717) is 49.4 Å². The van der Waals surface area contributed by atoms with E-state index in [9.17, 15) is 18.0 Å². The lowest BCUT2D eigenvalue weighted by Crippen LogP contribution is -2.30. The van der Waals surface area contributed by atoms with Crippen LogP contribution in [0.4, 0.5) is 13.2 Å². The highest BCUT2D eigenvalue weighted by molar-refractivity contribution is 6.32. The number of hydrogen-bond acceptors (Lipinski definition) is 3. The highest BCUT2D eigenvalue weighted by Gasteiger charge is 2.34. The van der Waals surface area contributed by atoms with E-state index in [1.54, 1.807) is 12.1 Å². The van der Waals surface area contributed by atoms with Crippen LogP contribution in [0, 0.1) is 0 Å². The van der Waals surface area contributed by atoms with Crippen LogP contribution in [0.1, 0.15) is 61.6 Å². The van der Waals surface area contributed by atoms with Crippen LogP contribution in [0.15, 0.2) is 84.2 Å². The standard InChI is InChI=1S/C31H35ClF3NO3/c1-2-3-11-25(24-12-5-4-6-13-24)21-36(22-26-14-8-16-28(30(26)32)31(33,34)35)17-9-18-39-27-15-7-10-23(19-27)20-29(37)38/h4-8,12-16,19-20,25H,2-3,9-11,17-18,21-22H2,1H3,(H,37,38). The van der Waals surface area contributed by atoms with Crippen LogP contribution in [0.2, 0.25) is 5.02 Å². The highest BCUT2D eigenvalue weighted by atomic mass is 35.5. The summed E-state index contributed by atoms with van der Waals surface area (Å²) in [5.74, 6) is -0.188. The largest absolute Gasteiger partial charge is 0.494 e. The van der Waals surface area contributed by atoms with Gasteiger partial charge in [0.1, 0.15) is 5.76 Å². The second-order valence-corrected chi connectivity index (χ2v) is 10.1. The van der Waals surface area contributed by atoms with Crippen LogP contribution in [0.25, 0.3) is 0 Å². The van der Waals surface area contributed by atoms with Gasteiger partial charge in [-0.05, 0) is 60.1 Å². The minimum atomic E-state index is -4.52. The van der Waals surface area contributed by atoms with Crippen LogP contribution in [-0.4, -0.2) is 35.7 Å². The average molecular weight is 562 g/mol. The van der Waals surface area contributed by atoms with E-state index in [4.69, 9.17) is 21.4 Å². The summed E-state index contributed by atoms with van der Waals surface area (Å²) in [5.41, 5.74) is 1.48. The maximum atomic E-state index is 13.5. The number of halogens is 4. The summed E-state index contributed by atoms with van der Waals surface area (Å²) < 4.78 is 46.4. The Labute approximate surface area is 233 Å². The molecule has 0 aliphatic heterocycles. The van der Waals surface area contributed by atoms with Gasteiger partial charge in [0.05, 0.1) is 17.2 Å². The first-order valence-electron chi connectivity index (χ1n) is 13.2. The molecule has 0 heterocycles. The maximum absolute atomic E-state index is 13.5. The number of nitrogens with zero attached hydrogens (tertiary/aromatic N) is 1. The van der Waals surface area contributed by atoms with E-state index < -0.39 is 17.7 Å². The fourth-order valence-corrected chi connectivity index (χ4v) is 4.97. The zero-order chi connectivity index (χ0) is 28.3. The lowest BCUT2D eigenvalue weighted by molar-refractivity contribution is -0.137. The van der Waals surface area contributed by atoms with Gasteiger partial charge in [0.25, 0.3) is 0 Å². The Balaban J connectivity index is 1.75. The Morgan fingerprint density at radius 3 is 2.62 bits per heavy atom. The average Bonchev–Trinajstić information content (AvgIpc) is 2.89. The van der Waals surface area contributed by atoms with E-state index in [0.717, 1.165) is 31.4 Å². The molecule has 1 aliphatic rings. The lowest BCUT2D eigenvalue weighted by atomic mass is 9.92. The summed E-state index contributed by atoms with van der Waals surface area (Å²) in [6, 6.07) is 14.3. The fourth-order valence-electron chi connectivity index (χ4n) is 4.68. The minimum Gasteiger partial charge on any atom is -0.494 e. The van der Waals surface area contributed by atoms with Gasteiger partial charge < -0.3 is 9.84 Å². The first kappa shape index (κ1) is 30.5. The van der Waals surface area contributed by atoms with E-state index in [1.807, 2.05) is 30.4 Å². The summed E-state index contributed by atoms with van der Waals surface area (Å²) in [4.78, 5) is 13.1. The maximum Gasteiger partial charge on any atom is 0.417 e. The van der Waals surface area contributed by atoms with Crippen molar-refractivity contribution in [1.29, 1.82) is 0 Å². The summed E-state index contributed by atoms with van der Waals surface area (Å²) in [7, 11) is 0. The third kappa shape index (κ3) is 9.90. The quantitative estimate of drug-likeness (QED) is 0.186. The topological polar surface area (TPSA) is 49.8 Å². The van der Waals surface area contributed by atoms with Gasteiger partial charge in [-0.25, -0.2) is 4.79 Å². The number of carboxylic acids is 1. The molecule has 0 spiro atoms. The van der Waals surface area contributed by atoms with Crippen LogP contribution < -0.4 is 0 Å². The number of alkyl halides is 3. The predicted molar refractivity (Wildman–Crippen MR) is 149 cm³/mol. The highest BCUT2D eigenvalue weighted by Crippen LogP contribution is 2.37. The van der Waals surface area contributed by atoms with E-state index in [1.165, 1.54) is 11.6 Å². The lowest BCUT2D eigenvalue weighted by Gasteiger charge is -2.29. The molecule has 8 heteroatoms. The van der Waals surface area contributed by atoms with Crippen molar-refractivity contribution in [2.45, 2.75) is 57.7 Å². The van der Waals surface area contributed by atoms with Crippen molar-refractivity contribution in [3.8, 4) is 0 Å². The predicted octanol–water partition coefficient (Wildman–Crippen LogP) is 8.40. The zero-order valence-corrected chi connectivity index (χ0v) is 22.8. The number of unbranched alkanes of at least 4 members (excludes halogenated alkanes) is 1. The van der Waals surface area contributed by atoms with Crippen molar-refractivity contribution in [3.63, 3.8) is 0 Å². The number of allylic oxidation sites excluding steroid dienone is 4. The van der Waals surface area contributed by atoms with E-state index >= 15 is 0 Å². The van der Waals surface area contributed by atoms with Gasteiger partial charge in [-0.15, -0.1) is 0 Å². The van der Waals surface area contributed by atoms with Crippen molar-refractivity contribution in [1.82, 2.24) is 4.90 Å². The fraction of sp³-hybridized carbons (Fsp3) is 0.387. The summed E-state index contributed by atoms with van der Waals surface area (Å²) in [5, 5.41) is 8.73. The summed E-state index contributed by atoms with van der Waals surface area (Å²) in [6.45, 7) is 4.08. The molecule has 0 fully saturated rings. The molecule has 210 valence electrons. The SMILES string of the molecule is CCCCC(CN(CCCOC1=CC(=CC(=O)O)CC=C1)Cc1cccc(C(F)(F)F)c1Cl)c1ccccc1. The smallest absolute Gasteiger partial charge is 0.417 e. The van der Waals surface area contributed by atoms with Gasteiger partial charge in [-0.2, -0.15) is 13.2 Å². The van der Waals surface area contributed by atoms with Gasteiger partial charge in [-0.3, -0.25) is 4.90 Å². The minimum absolute atomic E-state index is 0.226. The second-order valence-electron chi connectivity index (χ2n) is 9.67. The molecule has 1 N–H and O–H groups in total. The molecule has 4 nitrogen and oxygen atoms in total. The molecule has 0 saturated heterocycles. The molecule has 0 amide bonds. The Bertz CT molecular complexity index is 1180. The molecule has 0 radical (unpaired) electrons. The van der Waals surface area contributed by atoms with Crippen LogP contribution in [0.5, 0.6) is 0 Å².